The molecule has 5 heteroatoms. The molecular weight excluding hydrogens is 300 g/mol. The molecule has 1 aromatic carbocycles. The van der Waals surface area contributed by atoms with Gasteiger partial charge in [-0.3, -0.25) is 0 Å². The first-order valence-corrected chi connectivity index (χ1v) is 8.52. The van der Waals surface area contributed by atoms with Gasteiger partial charge < -0.3 is 20.9 Å². The van der Waals surface area contributed by atoms with Gasteiger partial charge in [0.15, 0.2) is 0 Å². The summed E-state index contributed by atoms with van der Waals surface area (Å²) < 4.78 is 11.5. The van der Waals surface area contributed by atoms with Gasteiger partial charge in [-0.15, -0.1) is 0 Å². The SMILES string of the molecule is CCCOc1cc(OCCC)c(CCC(CN)CN)cc1Cl. The highest BCUT2D eigenvalue weighted by molar-refractivity contribution is 6.32. The predicted octanol–water partition coefficient (Wildman–Crippen LogP) is 3.38. The van der Waals surface area contributed by atoms with Crippen molar-refractivity contribution in [3.8, 4) is 11.5 Å². The van der Waals surface area contributed by atoms with Gasteiger partial charge in [-0.25, -0.2) is 0 Å². The van der Waals surface area contributed by atoms with Crippen molar-refractivity contribution in [2.75, 3.05) is 26.3 Å². The maximum Gasteiger partial charge on any atom is 0.141 e. The van der Waals surface area contributed by atoms with Gasteiger partial charge in [0, 0.05) is 6.07 Å². The fraction of sp³-hybridized carbons (Fsp3) is 0.647. The fourth-order valence-corrected chi connectivity index (χ4v) is 2.37. The molecule has 0 aliphatic rings. The van der Waals surface area contributed by atoms with Crippen LogP contribution in [0.1, 0.15) is 38.7 Å². The molecule has 0 fully saturated rings. The largest absolute Gasteiger partial charge is 0.493 e. The first kappa shape index (κ1) is 19.1. The molecule has 0 amide bonds. The number of halogens is 1. The third-order valence-electron chi connectivity index (χ3n) is 3.53. The van der Waals surface area contributed by atoms with Crippen LogP contribution in [-0.4, -0.2) is 26.3 Å². The molecule has 0 spiro atoms. The first-order valence-electron chi connectivity index (χ1n) is 8.14. The maximum atomic E-state index is 6.32. The van der Waals surface area contributed by atoms with Gasteiger partial charge in [0.2, 0.25) is 0 Å². The summed E-state index contributed by atoms with van der Waals surface area (Å²) in [7, 11) is 0. The van der Waals surface area contributed by atoms with E-state index < -0.39 is 0 Å². The number of ether oxygens (including phenoxy) is 2. The third kappa shape index (κ3) is 6.03. The smallest absolute Gasteiger partial charge is 0.141 e. The van der Waals surface area contributed by atoms with Crippen LogP contribution in [0.15, 0.2) is 12.1 Å². The molecule has 126 valence electrons. The molecule has 1 rings (SSSR count). The van der Waals surface area contributed by atoms with E-state index in [0.29, 0.717) is 43.0 Å². The summed E-state index contributed by atoms with van der Waals surface area (Å²) in [5, 5.41) is 0.629. The zero-order valence-electron chi connectivity index (χ0n) is 13.7. The van der Waals surface area contributed by atoms with Gasteiger partial charge >= 0.3 is 0 Å². The summed E-state index contributed by atoms with van der Waals surface area (Å²) in [6.07, 6.45) is 3.69. The molecule has 0 unspecified atom stereocenters. The molecule has 0 saturated heterocycles. The summed E-state index contributed by atoms with van der Waals surface area (Å²) in [6.45, 7) is 6.69. The fourth-order valence-electron chi connectivity index (χ4n) is 2.13. The van der Waals surface area contributed by atoms with E-state index in [0.717, 1.165) is 37.0 Å². The Labute approximate surface area is 139 Å². The van der Waals surface area contributed by atoms with Gasteiger partial charge in [-0.2, -0.15) is 0 Å². The average molecular weight is 329 g/mol. The van der Waals surface area contributed by atoms with Gasteiger partial charge in [0.05, 0.1) is 18.2 Å². The van der Waals surface area contributed by atoms with Crippen LogP contribution in [0.2, 0.25) is 5.02 Å². The maximum absolute atomic E-state index is 6.32. The number of hydrogen-bond acceptors (Lipinski definition) is 4. The van der Waals surface area contributed by atoms with Crippen LogP contribution in [0.3, 0.4) is 0 Å². The monoisotopic (exact) mass is 328 g/mol. The van der Waals surface area contributed by atoms with Crippen molar-refractivity contribution in [1.82, 2.24) is 0 Å². The highest BCUT2D eigenvalue weighted by Gasteiger charge is 2.13. The van der Waals surface area contributed by atoms with Crippen LogP contribution in [0.5, 0.6) is 11.5 Å². The lowest BCUT2D eigenvalue weighted by Gasteiger charge is -2.17. The Morgan fingerprint density at radius 1 is 1.00 bits per heavy atom. The van der Waals surface area contributed by atoms with Gasteiger partial charge in [-0.05, 0) is 56.3 Å². The number of rotatable bonds is 11. The van der Waals surface area contributed by atoms with Crippen molar-refractivity contribution in [3.05, 3.63) is 22.7 Å². The van der Waals surface area contributed by atoms with Gasteiger partial charge in [-0.1, -0.05) is 25.4 Å². The summed E-state index contributed by atoms with van der Waals surface area (Å²) in [5.41, 5.74) is 12.5. The molecule has 0 aliphatic carbocycles. The first-order chi connectivity index (χ1) is 10.7. The Morgan fingerprint density at radius 3 is 2.14 bits per heavy atom. The van der Waals surface area contributed by atoms with Crippen molar-refractivity contribution >= 4 is 11.6 Å². The molecule has 4 N–H and O–H groups in total. The van der Waals surface area contributed by atoms with Crippen molar-refractivity contribution < 1.29 is 9.47 Å². The second-order valence-electron chi connectivity index (χ2n) is 5.46. The molecule has 0 heterocycles. The highest BCUT2D eigenvalue weighted by atomic mass is 35.5. The molecule has 0 atom stereocenters. The summed E-state index contributed by atoms with van der Waals surface area (Å²) in [4.78, 5) is 0. The normalized spacial score (nSPS) is 11.0. The van der Waals surface area contributed by atoms with Crippen LogP contribution in [0.25, 0.3) is 0 Å². The Bertz CT molecular complexity index is 437. The minimum absolute atomic E-state index is 0.328. The standard InChI is InChI=1S/C17H29ClN2O2/c1-3-7-21-16-10-17(22-8-4-2)15(18)9-14(16)6-5-13(11-19)12-20/h9-10,13H,3-8,11-12,19-20H2,1-2H3. The summed E-state index contributed by atoms with van der Waals surface area (Å²) >= 11 is 6.32. The summed E-state index contributed by atoms with van der Waals surface area (Å²) in [6, 6.07) is 3.85. The number of aryl methyl sites for hydroxylation is 1. The predicted molar refractivity (Wildman–Crippen MR) is 92.9 cm³/mol. The molecule has 1 aromatic rings. The second kappa shape index (κ2) is 10.7. The molecule has 0 bridgehead atoms. The second-order valence-corrected chi connectivity index (χ2v) is 5.87. The minimum atomic E-state index is 0.328. The van der Waals surface area contributed by atoms with Crippen LogP contribution in [0, 0.1) is 5.92 Å². The van der Waals surface area contributed by atoms with Crippen LogP contribution in [-0.2, 0) is 6.42 Å². The Hall–Kier alpha value is -0.970. The molecule has 0 aliphatic heterocycles. The lowest BCUT2D eigenvalue weighted by molar-refractivity contribution is 0.299. The molecule has 0 saturated carbocycles. The third-order valence-corrected chi connectivity index (χ3v) is 3.82. The van der Waals surface area contributed by atoms with E-state index in [9.17, 15) is 0 Å². The number of nitrogens with two attached hydrogens (primary N) is 2. The average Bonchev–Trinajstić information content (AvgIpc) is 2.53. The lowest BCUT2D eigenvalue weighted by Crippen LogP contribution is -2.23. The van der Waals surface area contributed by atoms with E-state index in [4.69, 9.17) is 32.5 Å². The van der Waals surface area contributed by atoms with Crippen LogP contribution in [0.4, 0.5) is 0 Å². The summed E-state index contributed by atoms with van der Waals surface area (Å²) in [5.74, 6) is 1.87. The van der Waals surface area contributed by atoms with Crippen molar-refractivity contribution in [2.45, 2.75) is 39.5 Å². The van der Waals surface area contributed by atoms with E-state index in [1.807, 2.05) is 12.1 Å². The Kier molecular flexibility index (Phi) is 9.28. The Morgan fingerprint density at radius 2 is 1.59 bits per heavy atom. The molecule has 22 heavy (non-hydrogen) atoms. The number of benzene rings is 1. The van der Waals surface area contributed by atoms with Crippen LogP contribution < -0.4 is 20.9 Å². The van der Waals surface area contributed by atoms with E-state index in [1.165, 1.54) is 0 Å². The van der Waals surface area contributed by atoms with Gasteiger partial charge in [0.1, 0.15) is 11.5 Å². The van der Waals surface area contributed by atoms with Gasteiger partial charge in [0.25, 0.3) is 0 Å². The van der Waals surface area contributed by atoms with E-state index in [1.54, 1.807) is 0 Å². The van der Waals surface area contributed by atoms with Crippen molar-refractivity contribution in [3.63, 3.8) is 0 Å². The van der Waals surface area contributed by atoms with E-state index >= 15 is 0 Å². The number of hydrogen-bond donors (Lipinski definition) is 2. The lowest BCUT2D eigenvalue weighted by atomic mass is 9.99. The topological polar surface area (TPSA) is 70.5 Å². The Balaban J connectivity index is 2.89. The van der Waals surface area contributed by atoms with E-state index in [-0.39, 0.29) is 0 Å². The molecule has 0 aromatic heterocycles. The highest BCUT2D eigenvalue weighted by Crippen LogP contribution is 2.34. The quantitative estimate of drug-likeness (QED) is 0.653. The zero-order chi connectivity index (χ0) is 16.4. The molecular formula is C17H29ClN2O2. The zero-order valence-corrected chi connectivity index (χ0v) is 14.5. The minimum Gasteiger partial charge on any atom is -0.493 e. The van der Waals surface area contributed by atoms with Crippen LogP contribution >= 0.6 is 11.6 Å². The molecule has 0 radical (unpaired) electrons. The van der Waals surface area contributed by atoms with Crippen molar-refractivity contribution in [2.24, 2.45) is 17.4 Å². The molecule has 4 nitrogen and oxygen atoms in total. The van der Waals surface area contributed by atoms with E-state index in [2.05, 4.69) is 13.8 Å². The van der Waals surface area contributed by atoms with Crippen molar-refractivity contribution in [1.29, 1.82) is 0 Å².